The molecule has 0 aliphatic heterocycles. The molecule has 2 N–H and O–H groups in total. The molecular formula is C13H15F2N3O3. The summed E-state index contributed by atoms with van der Waals surface area (Å²) in [5.74, 6) is 1.22. The summed E-state index contributed by atoms with van der Waals surface area (Å²) in [6.45, 7) is -0.509. The zero-order valence-corrected chi connectivity index (χ0v) is 11.4. The van der Waals surface area contributed by atoms with Crippen molar-refractivity contribution in [1.82, 2.24) is 10.1 Å². The van der Waals surface area contributed by atoms with Crippen LogP contribution >= 0.6 is 0 Å². The van der Waals surface area contributed by atoms with Crippen molar-refractivity contribution in [2.75, 3.05) is 26.1 Å². The molecule has 0 unspecified atom stereocenters. The van der Waals surface area contributed by atoms with Crippen LogP contribution in [0.15, 0.2) is 22.7 Å². The first kappa shape index (κ1) is 15.2. The lowest BCUT2D eigenvalue weighted by Crippen LogP contribution is -2.07. The van der Waals surface area contributed by atoms with E-state index in [2.05, 4.69) is 10.1 Å². The van der Waals surface area contributed by atoms with Crippen LogP contribution in [0.5, 0.6) is 5.75 Å². The highest BCUT2D eigenvalue weighted by molar-refractivity contribution is 5.72. The van der Waals surface area contributed by atoms with Gasteiger partial charge in [0.2, 0.25) is 0 Å². The lowest BCUT2D eigenvalue weighted by atomic mass is 10.1. The molecule has 0 aliphatic carbocycles. The number of benzene rings is 1. The van der Waals surface area contributed by atoms with Crippen LogP contribution in [0, 0.1) is 0 Å². The third-order valence-corrected chi connectivity index (χ3v) is 2.67. The van der Waals surface area contributed by atoms with Gasteiger partial charge >= 0.3 is 0 Å². The highest BCUT2D eigenvalue weighted by Crippen LogP contribution is 2.28. The highest BCUT2D eigenvalue weighted by atomic mass is 19.3. The quantitative estimate of drug-likeness (QED) is 0.623. The monoisotopic (exact) mass is 299 g/mol. The van der Waals surface area contributed by atoms with Crippen molar-refractivity contribution in [2.45, 2.75) is 12.8 Å². The summed E-state index contributed by atoms with van der Waals surface area (Å²) in [5.41, 5.74) is 6.88. The average molecular weight is 299 g/mol. The van der Waals surface area contributed by atoms with Gasteiger partial charge in [-0.3, -0.25) is 0 Å². The minimum atomic E-state index is -2.48. The van der Waals surface area contributed by atoms with Gasteiger partial charge in [-0.15, -0.1) is 0 Å². The Morgan fingerprint density at radius 2 is 2.19 bits per heavy atom. The molecule has 0 spiro atoms. The molecule has 1 heterocycles. The number of halogens is 2. The van der Waals surface area contributed by atoms with E-state index in [1.807, 2.05) is 0 Å². The maximum Gasteiger partial charge on any atom is 0.261 e. The number of rotatable bonds is 7. The zero-order valence-electron chi connectivity index (χ0n) is 11.4. The number of alkyl halides is 2. The zero-order chi connectivity index (χ0) is 15.2. The van der Waals surface area contributed by atoms with E-state index in [1.165, 1.54) is 7.11 Å². The summed E-state index contributed by atoms with van der Waals surface area (Å²) in [6, 6.07) is 5.07. The fraction of sp³-hybridized carbons (Fsp3) is 0.385. The van der Waals surface area contributed by atoms with E-state index >= 15 is 0 Å². The highest BCUT2D eigenvalue weighted by Gasteiger charge is 2.13. The minimum absolute atomic E-state index is 0.0942. The Hall–Kier alpha value is -2.22. The number of ether oxygens (including phenoxy) is 2. The molecular weight excluding hydrogens is 284 g/mol. The van der Waals surface area contributed by atoms with Crippen LogP contribution in [0.1, 0.15) is 5.82 Å². The van der Waals surface area contributed by atoms with Gasteiger partial charge in [0.05, 0.1) is 19.3 Å². The predicted octanol–water partition coefficient (Wildman–Crippen LogP) is 2.15. The third-order valence-electron chi connectivity index (χ3n) is 2.67. The molecule has 0 saturated carbocycles. The summed E-state index contributed by atoms with van der Waals surface area (Å²) in [6.07, 6.45) is -2.21. The van der Waals surface area contributed by atoms with Gasteiger partial charge in [-0.05, 0) is 18.2 Å². The third kappa shape index (κ3) is 4.12. The first-order valence-electron chi connectivity index (χ1n) is 6.22. The SMILES string of the molecule is COc1ccc(N)c(-c2nc(CCOCC(F)F)no2)c1. The van der Waals surface area contributed by atoms with Crippen molar-refractivity contribution in [2.24, 2.45) is 0 Å². The summed E-state index contributed by atoms with van der Waals surface area (Å²) in [5, 5.41) is 3.76. The topological polar surface area (TPSA) is 83.4 Å². The average Bonchev–Trinajstić information content (AvgIpc) is 2.92. The molecule has 0 fully saturated rings. The van der Waals surface area contributed by atoms with Crippen LogP contribution in [0.3, 0.4) is 0 Å². The molecule has 21 heavy (non-hydrogen) atoms. The number of methoxy groups -OCH3 is 1. The van der Waals surface area contributed by atoms with E-state index in [-0.39, 0.29) is 18.9 Å². The van der Waals surface area contributed by atoms with E-state index in [0.29, 0.717) is 22.8 Å². The molecule has 2 aromatic rings. The van der Waals surface area contributed by atoms with Crippen LogP contribution in [-0.4, -0.2) is 36.9 Å². The fourth-order valence-electron chi connectivity index (χ4n) is 1.65. The first-order chi connectivity index (χ1) is 10.1. The molecule has 114 valence electrons. The van der Waals surface area contributed by atoms with E-state index in [0.717, 1.165) is 0 Å². The second kappa shape index (κ2) is 6.98. The largest absolute Gasteiger partial charge is 0.497 e. The Kier molecular flexibility index (Phi) is 5.04. The van der Waals surface area contributed by atoms with Crippen molar-refractivity contribution < 1.29 is 22.8 Å². The number of nitrogen functional groups attached to an aromatic ring is 1. The Balaban J connectivity index is 2.02. The summed E-state index contributed by atoms with van der Waals surface area (Å²) < 4.78 is 38.8. The van der Waals surface area contributed by atoms with Crippen molar-refractivity contribution >= 4 is 5.69 Å². The van der Waals surface area contributed by atoms with E-state index < -0.39 is 13.0 Å². The van der Waals surface area contributed by atoms with Crippen molar-refractivity contribution in [3.63, 3.8) is 0 Å². The van der Waals surface area contributed by atoms with Crippen LogP contribution in [-0.2, 0) is 11.2 Å². The number of nitrogens with two attached hydrogens (primary N) is 1. The van der Waals surface area contributed by atoms with Gasteiger partial charge in [-0.1, -0.05) is 5.16 Å². The summed E-state index contributed by atoms with van der Waals surface area (Å²) in [4.78, 5) is 4.15. The maximum atomic E-state index is 11.9. The summed E-state index contributed by atoms with van der Waals surface area (Å²) >= 11 is 0. The Morgan fingerprint density at radius 1 is 1.38 bits per heavy atom. The van der Waals surface area contributed by atoms with Crippen LogP contribution in [0.4, 0.5) is 14.5 Å². The molecule has 0 radical (unpaired) electrons. The molecule has 6 nitrogen and oxygen atoms in total. The van der Waals surface area contributed by atoms with Crippen molar-refractivity contribution in [3.05, 3.63) is 24.0 Å². The smallest absolute Gasteiger partial charge is 0.261 e. The normalized spacial score (nSPS) is 11.0. The molecule has 1 aromatic heterocycles. The number of anilines is 1. The van der Waals surface area contributed by atoms with Gasteiger partial charge in [-0.25, -0.2) is 8.78 Å². The lowest BCUT2D eigenvalue weighted by Gasteiger charge is -2.03. The molecule has 0 bridgehead atoms. The maximum absolute atomic E-state index is 11.9. The molecule has 0 saturated heterocycles. The second-order valence-corrected chi connectivity index (χ2v) is 4.18. The fourth-order valence-corrected chi connectivity index (χ4v) is 1.65. The number of hydrogen-bond acceptors (Lipinski definition) is 6. The number of hydrogen-bond donors (Lipinski definition) is 1. The molecule has 0 aliphatic rings. The summed E-state index contributed by atoms with van der Waals surface area (Å²) in [7, 11) is 1.54. The molecule has 0 amide bonds. The predicted molar refractivity (Wildman–Crippen MR) is 71.2 cm³/mol. The van der Waals surface area contributed by atoms with Crippen LogP contribution in [0.25, 0.3) is 11.5 Å². The van der Waals surface area contributed by atoms with Gasteiger partial charge in [0, 0.05) is 12.1 Å². The molecule has 8 heteroatoms. The Labute approximate surface area is 119 Å². The van der Waals surface area contributed by atoms with E-state index in [1.54, 1.807) is 18.2 Å². The van der Waals surface area contributed by atoms with Crippen LogP contribution in [0.2, 0.25) is 0 Å². The van der Waals surface area contributed by atoms with Crippen molar-refractivity contribution in [1.29, 1.82) is 0 Å². The number of aromatic nitrogens is 2. The number of nitrogens with zero attached hydrogens (tertiary/aromatic N) is 2. The van der Waals surface area contributed by atoms with Crippen molar-refractivity contribution in [3.8, 4) is 17.2 Å². The second-order valence-electron chi connectivity index (χ2n) is 4.18. The van der Waals surface area contributed by atoms with E-state index in [4.69, 9.17) is 19.7 Å². The molecule has 2 rings (SSSR count). The lowest BCUT2D eigenvalue weighted by molar-refractivity contribution is 0.0182. The van der Waals surface area contributed by atoms with Gasteiger partial charge in [0.15, 0.2) is 5.82 Å². The van der Waals surface area contributed by atoms with Crippen LogP contribution < -0.4 is 10.5 Å². The van der Waals surface area contributed by atoms with Gasteiger partial charge in [-0.2, -0.15) is 4.98 Å². The van der Waals surface area contributed by atoms with E-state index in [9.17, 15) is 8.78 Å². The van der Waals surface area contributed by atoms with Gasteiger partial charge < -0.3 is 19.7 Å². The molecule has 1 aromatic carbocycles. The minimum Gasteiger partial charge on any atom is -0.497 e. The van der Waals surface area contributed by atoms with Gasteiger partial charge in [0.1, 0.15) is 12.4 Å². The van der Waals surface area contributed by atoms with Gasteiger partial charge in [0.25, 0.3) is 12.3 Å². The molecule has 0 atom stereocenters. The standard InChI is InChI=1S/C13H15F2N3O3/c1-19-8-2-3-10(16)9(6-8)13-17-12(18-21-13)4-5-20-7-11(14)15/h2-3,6,11H,4-5,7,16H2,1H3. The Bertz CT molecular complexity index is 590. The Morgan fingerprint density at radius 3 is 2.90 bits per heavy atom. The first-order valence-corrected chi connectivity index (χ1v) is 6.22.